The smallest absolute Gasteiger partial charge is 0.336 e. The van der Waals surface area contributed by atoms with E-state index in [0.29, 0.717) is 5.58 Å². The molecule has 7 nitrogen and oxygen atoms in total. The number of furan rings is 1. The third-order valence-corrected chi connectivity index (χ3v) is 14.4. The number of para-hydroxylation sites is 1. The normalized spacial score (nSPS) is 8.79. The molecule has 628 valence electrons. The average molecular weight is 1590 g/mol. The number of hydrogen-bond acceptors (Lipinski definition) is 7. The van der Waals surface area contributed by atoms with Crippen molar-refractivity contribution < 1.29 is 8.83 Å². The lowest BCUT2D eigenvalue weighted by Crippen LogP contribution is -1.97. The monoisotopic (exact) mass is 1590 g/mol. The molecule has 116 heavy (non-hydrogen) atoms. The highest BCUT2D eigenvalue weighted by atomic mass is 32.1. The Labute approximate surface area is 712 Å². The molecule has 14 aromatic rings. The Morgan fingerprint density at radius 2 is 0.612 bits per heavy atom. The molecule has 9 aromatic carbocycles. The largest absolute Gasteiger partial charge is 0.473 e. The Hall–Kier alpha value is -11.1. The molecule has 0 bridgehead atoms. The van der Waals surface area contributed by atoms with E-state index >= 15 is 0 Å². The number of aryl methyl sites for hydroxylation is 10. The Morgan fingerprint density at radius 1 is 0.302 bits per heavy atom. The lowest BCUT2D eigenvalue weighted by atomic mass is 10.0. The van der Waals surface area contributed by atoms with Gasteiger partial charge in [-0.05, 0) is 179 Å². The van der Waals surface area contributed by atoms with Gasteiger partial charge in [-0.25, -0.2) is 19.7 Å². The van der Waals surface area contributed by atoms with Crippen LogP contribution in [-0.2, 0) is 7.05 Å². The number of benzene rings is 9. The van der Waals surface area contributed by atoms with Crippen LogP contribution < -0.4 is 5.63 Å². The Morgan fingerprint density at radius 3 is 0.897 bits per heavy atom. The summed E-state index contributed by atoms with van der Waals surface area (Å²) in [5, 5.41) is 7.78. The van der Waals surface area contributed by atoms with Crippen molar-refractivity contribution in [3.8, 4) is 11.1 Å². The average Bonchev–Trinajstić information content (AvgIpc) is 0.882. The summed E-state index contributed by atoms with van der Waals surface area (Å²) in [6, 6.07) is 90.0. The molecule has 0 aliphatic carbocycles. The first-order chi connectivity index (χ1) is 56.6. The topological polar surface area (TPSA) is 87.0 Å². The fourth-order valence-corrected chi connectivity index (χ4v) is 9.42. The first-order valence-corrected chi connectivity index (χ1v) is 42.9. The maximum atomic E-state index is 10.7. The van der Waals surface area contributed by atoms with Crippen molar-refractivity contribution in [1.82, 2.24) is 19.5 Å². The van der Waals surface area contributed by atoms with E-state index in [4.69, 9.17) is 4.42 Å². The van der Waals surface area contributed by atoms with Crippen LogP contribution in [0.15, 0.2) is 328 Å². The van der Waals surface area contributed by atoms with Gasteiger partial charge in [-0.2, -0.15) is 11.3 Å². The number of aromatic nitrogens is 4. The van der Waals surface area contributed by atoms with Gasteiger partial charge in [0.1, 0.15) is 23.1 Å². The number of hydrogen-bond donors (Lipinski definition) is 0. The van der Waals surface area contributed by atoms with Crippen molar-refractivity contribution >= 4 is 57.4 Å². The Bertz CT molecular complexity index is 4160. The maximum absolute atomic E-state index is 10.7. The van der Waals surface area contributed by atoms with Crippen LogP contribution in [0.1, 0.15) is 225 Å². The van der Waals surface area contributed by atoms with Crippen molar-refractivity contribution in [2.45, 2.75) is 215 Å². The lowest BCUT2D eigenvalue weighted by molar-refractivity contribution is 0.561. The molecular formula is C108H152N4O3S. The highest BCUT2D eigenvalue weighted by Gasteiger charge is 1.99. The summed E-state index contributed by atoms with van der Waals surface area (Å²) in [6.45, 7) is 62.4. The summed E-state index contributed by atoms with van der Waals surface area (Å²) in [5.41, 5.74) is 15.9. The van der Waals surface area contributed by atoms with Gasteiger partial charge in [-0.3, -0.25) is 0 Å². The number of rotatable bonds is 5. The van der Waals surface area contributed by atoms with Gasteiger partial charge in [0.15, 0.2) is 0 Å². The minimum Gasteiger partial charge on any atom is -0.473 e. The summed E-state index contributed by atoms with van der Waals surface area (Å²) in [7, 11) is 2.00. The van der Waals surface area contributed by atoms with E-state index in [1.165, 1.54) is 83.6 Å². The highest BCUT2D eigenvalue weighted by Crippen LogP contribution is 2.22. The van der Waals surface area contributed by atoms with Gasteiger partial charge in [0.05, 0.1) is 12.5 Å². The van der Waals surface area contributed by atoms with E-state index in [9.17, 15) is 4.79 Å². The van der Waals surface area contributed by atoms with Crippen molar-refractivity contribution in [2.24, 2.45) is 7.05 Å². The Balaban J connectivity index is -0.000000286. The number of fused-ring (bicyclic) bond motifs is 2. The van der Waals surface area contributed by atoms with Crippen molar-refractivity contribution in [3.63, 3.8) is 0 Å². The zero-order chi connectivity index (χ0) is 89.0. The fourth-order valence-electron chi connectivity index (χ4n) is 8.96. The Kier molecular flexibility index (Phi) is 84.7. The van der Waals surface area contributed by atoms with E-state index in [2.05, 4.69) is 243 Å². The SMILES string of the molecule is C(=Cc1ccccc1)c1ccccc1.CC.CC.CC.CC.CC.CC.CC.CC.CC.CC.CC=Cc1ccc(C=CC)cc1.Cc1ccc(-c2ccc(C)cc2)cc1.Cc1ccc(C)cc1.Cc1cccc2cccc(C)c12.Cc1nc(C)nc(C)n1.Cn1cccc1.O=c1ccc2ccccc2o1.c1ccoc1.c1ccsc1. The molecular weight excluding hydrogens is 1430 g/mol. The molecule has 5 heterocycles. The molecule has 8 heteroatoms. The summed E-state index contributed by atoms with van der Waals surface area (Å²) < 4.78 is 11.5. The first kappa shape index (κ1) is 116. The van der Waals surface area contributed by atoms with Crippen LogP contribution in [0.2, 0.25) is 0 Å². The number of thiophene rings is 1. The van der Waals surface area contributed by atoms with Gasteiger partial charge in [0, 0.05) is 30.9 Å². The molecule has 0 unspecified atom stereocenters. The van der Waals surface area contributed by atoms with Crippen LogP contribution in [0.3, 0.4) is 0 Å². The molecule has 0 radical (unpaired) electrons. The summed E-state index contributed by atoms with van der Waals surface area (Å²) >= 11 is 1.71. The van der Waals surface area contributed by atoms with Crippen LogP contribution in [0.25, 0.3) is 57.2 Å². The summed E-state index contributed by atoms with van der Waals surface area (Å²) in [6.07, 6.45) is 19.8. The van der Waals surface area contributed by atoms with Gasteiger partial charge >= 0.3 is 5.63 Å². The third kappa shape index (κ3) is 60.5. The minimum absolute atomic E-state index is 0.302. The van der Waals surface area contributed by atoms with Gasteiger partial charge in [-0.1, -0.05) is 422 Å². The van der Waals surface area contributed by atoms with Gasteiger partial charge in [0.25, 0.3) is 0 Å². The number of allylic oxidation sites excluding steroid dienone is 2. The second-order valence-corrected chi connectivity index (χ2v) is 23.0. The molecule has 0 saturated heterocycles. The molecule has 14 rings (SSSR count). The molecule has 0 spiro atoms. The lowest BCUT2D eigenvalue weighted by Gasteiger charge is -2.04. The predicted octanol–water partition coefficient (Wildman–Crippen LogP) is 34.2. The van der Waals surface area contributed by atoms with Crippen molar-refractivity contribution in [2.75, 3.05) is 0 Å². The van der Waals surface area contributed by atoms with Gasteiger partial charge in [0.2, 0.25) is 0 Å². The highest BCUT2D eigenvalue weighted by molar-refractivity contribution is 7.07. The third-order valence-electron chi connectivity index (χ3n) is 13.8. The molecule has 0 saturated carbocycles. The van der Waals surface area contributed by atoms with E-state index in [1.54, 1.807) is 36.0 Å². The van der Waals surface area contributed by atoms with Crippen LogP contribution >= 0.6 is 11.3 Å². The van der Waals surface area contributed by atoms with Gasteiger partial charge < -0.3 is 13.4 Å². The molecule has 0 aliphatic rings. The van der Waals surface area contributed by atoms with Crippen LogP contribution in [0.5, 0.6) is 0 Å². The zero-order valence-corrected chi connectivity index (χ0v) is 78.6. The van der Waals surface area contributed by atoms with E-state index < -0.39 is 0 Å². The van der Waals surface area contributed by atoms with Crippen molar-refractivity contribution in [3.05, 3.63) is 398 Å². The second kappa shape index (κ2) is 84.8. The zero-order valence-electron chi connectivity index (χ0n) is 77.8. The second-order valence-electron chi connectivity index (χ2n) is 22.2. The molecule has 0 N–H and O–H groups in total. The van der Waals surface area contributed by atoms with Crippen molar-refractivity contribution in [1.29, 1.82) is 0 Å². The van der Waals surface area contributed by atoms with Crippen LogP contribution in [0, 0.1) is 62.3 Å². The van der Waals surface area contributed by atoms with Gasteiger partial charge in [-0.15, -0.1) is 0 Å². The maximum Gasteiger partial charge on any atom is 0.336 e. The molecule has 5 aromatic heterocycles. The quantitative estimate of drug-likeness (QED) is 0.126. The standard InChI is InChI=1S/C14H14.C14H12.C12H12.C12H14.C9H6O2.C8H10.C6H9N3.C5H7N.C4H4O.C4H4S.10C2H6/c1-11-3-7-13(8-4-11)14-9-5-12(2)6-10-14;1-3-7-13(8-4-1)11-12-14-9-5-2-6-10-14;1-9-5-3-7-11-8-4-6-10(2)12(9)11;1-3-5-11-7-9-12(6-4-2)10-8-11;10-9-6-5-7-3-1-2-4-8(7)11-9;1-7-3-5-8(2)6-4-7;1-4-7-5(2)9-6(3)8-4;1-6-4-2-3-5-6;2*1-2-4-5-3-1;10*1-2/h3-10H,1-2H3;1-12H;3-8H,1-2H3;3-10H,1-2H3;1-6H;3-6H,1-2H3;1-3H3;2-5H,1H3;2*1-4H;10*1-2H3. The van der Waals surface area contributed by atoms with E-state index in [1.807, 2.05) is 311 Å². The first-order valence-electron chi connectivity index (χ1n) is 42.0. The minimum atomic E-state index is -0.302. The fraction of sp³-hybridized carbons (Fsp3) is 0.296. The van der Waals surface area contributed by atoms with Crippen LogP contribution in [0.4, 0.5) is 0 Å². The molecule has 0 atom stereocenters. The van der Waals surface area contributed by atoms with E-state index in [-0.39, 0.29) is 5.63 Å². The predicted molar refractivity (Wildman–Crippen MR) is 527 cm³/mol. The summed E-state index contributed by atoms with van der Waals surface area (Å²) in [4.78, 5) is 22.8. The molecule has 0 amide bonds. The number of nitrogens with zero attached hydrogens (tertiary/aromatic N) is 4. The molecule has 0 aliphatic heterocycles. The summed E-state index contributed by atoms with van der Waals surface area (Å²) in [5.74, 6) is 2.38. The van der Waals surface area contributed by atoms with E-state index in [0.717, 1.165) is 22.9 Å². The molecule has 0 fully saturated rings. The van der Waals surface area contributed by atoms with Crippen LogP contribution in [-0.4, -0.2) is 19.5 Å².